The van der Waals surface area contributed by atoms with E-state index in [-0.39, 0.29) is 0 Å². The lowest BCUT2D eigenvalue weighted by atomic mass is 10.0. The fourth-order valence-corrected chi connectivity index (χ4v) is 2.32. The molecule has 1 N–H and O–H groups in total. The minimum absolute atomic E-state index is 0.630. The molecule has 17 heavy (non-hydrogen) atoms. The van der Waals surface area contributed by atoms with Gasteiger partial charge in [0.2, 0.25) is 0 Å². The summed E-state index contributed by atoms with van der Waals surface area (Å²) in [5.41, 5.74) is 1.95. The summed E-state index contributed by atoms with van der Waals surface area (Å²) in [7, 11) is 2.21. The molecule has 0 amide bonds. The summed E-state index contributed by atoms with van der Waals surface area (Å²) in [6, 6.07) is 0.630. The molecule has 1 aromatic rings. The van der Waals surface area contributed by atoms with Gasteiger partial charge in [-0.3, -0.25) is 4.98 Å². The molecule has 0 spiro atoms. The molecule has 1 aliphatic heterocycles. The number of aromatic nitrogens is 2. The molecule has 1 unspecified atom stereocenters. The molecule has 1 saturated heterocycles. The quantitative estimate of drug-likeness (QED) is 0.868. The number of likely N-dealkylation sites (N-methyl/N-ethyl adjacent to an activating group) is 1. The van der Waals surface area contributed by atoms with E-state index in [4.69, 9.17) is 0 Å². The van der Waals surface area contributed by atoms with E-state index in [0.717, 1.165) is 23.8 Å². The summed E-state index contributed by atoms with van der Waals surface area (Å²) in [5, 5.41) is 3.44. The molecule has 0 aliphatic carbocycles. The van der Waals surface area contributed by atoms with Crippen LogP contribution in [-0.4, -0.2) is 41.0 Å². The molecular weight excluding hydrogens is 212 g/mol. The van der Waals surface area contributed by atoms with Gasteiger partial charge in [-0.2, -0.15) is 0 Å². The zero-order valence-electron chi connectivity index (χ0n) is 11.0. The summed E-state index contributed by atoms with van der Waals surface area (Å²) < 4.78 is 0. The van der Waals surface area contributed by atoms with E-state index < -0.39 is 0 Å². The average molecular weight is 234 g/mol. The lowest BCUT2D eigenvalue weighted by Crippen LogP contribution is -2.41. The third-order valence-electron chi connectivity index (χ3n) is 3.50. The van der Waals surface area contributed by atoms with Crippen molar-refractivity contribution in [1.29, 1.82) is 0 Å². The average Bonchev–Trinajstić information content (AvgIpc) is 2.32. The predicted octanol–water partition coefficient (Wildman–Crippen LogP) is 1.99. The Labute approximate surface area is 103 Å². The summed E-state index contributed by atoms with van der Waals surface area (Å²) in [4.78, 5) is 11.3. The maximum Gasteiger partial charge on any atom is 0.147 e. The van der Waals surface area contributed by atoms with Crippen LogP contribution in [0.4, 0.5) is 5.82 Å². The SMILES string of the molecule is Cc1cnc(C)c(NCC2CCCCN2C)n1. The summed E-state index contributed by atoms with van der Waals surface area (Å²) in [5.74, 6) is 0.934. The number of likely N-dealkylation sites (tertiary alicyclic amines) is 1. The highest BCUT2D eigenvalue weighted by Gasteiger charge is 2.18. The van der Waals surface area contributed by atoms with Gasteiger partial charge in [0.05, 0.1) is 11.4 Å². The monoisotopic (exact) mass is 234 g/mol. The van der Waals surface area contributed by atoms with Crippen molar-refractivity contribution in [3.8, 4) is 0 Å². The third-order valence-corrected chi connectivity index (χ3v) is 3.50. The standard InChI is InChI=1S/C13H22N4/c1-10-8-14-11(2)13(16-10)15-9-12-6-4-5-7-17(12)3/h8,12H,4-7,9H2,1-3H3,(H,15,16). The molecule has 0 bridgehead atoms. The van der Waals surface area contributed by atoms with E-state index in [1.165, 1.54) is 25.8 Å². The van der Waals surface area contributed by atoms with Gasteiger partial charge < -0.3 is 10.2 Å². The molecule has 2 heterocycles. The van der Waals surface area contributed by atoms with Crippen molar-refractivity contribution in [1.82, 2.24) is 14.9 Å². The van der Waals surface area contributed by atoms with Gasteiger partial charge in [-0.05, 0) is 40.3 Å². The lowest BCUT2D eigenvalue weighted by Gasteiger charge is -2.32. The van der Waals surface area contributed by atoms with Gasteiger partial charge in [-0.1, -0.05) is 6.42 Å². The first-order valence-electron chi connectivity index (χ1n) is 6.41. The number of hydrogen-bond donors (Lipinski definition) is 1. The molecule has 0 saturated carbocycles. The first-order valence-corrected chi connectivity index (χ1v) is 6.41. The maximum atomic E-state index is 4.49. The number of rotatable bonds is 3. The van der Waals surface area contributed by atoms with E-state index in [1.54, 1.807) is 0 Å². The number of hydrogen-bond acceptors (Lipinski definition) is 4. The fraction of sp³-hybridized carbons (Fsp3) is 0.692. The fourth-order valence-electron chi connectivity index (χ4n) is 2.32. The largest absolute Gasteiger partial charge is 0.367 e. The first-order chi connectivity index (χ1) is 8.16. The van der Waals surface area contributed by atoms with Gasteiger partial charge >= 0.3 is 0 Å². The van der Waals surface area contributed by atoms with Crippen LogP contribution in [0.2, 0.25) is 0 Å². The van der Waals surface area contributed by atoms with Crippen LogP contribution in [0.3, 0.4) is 0 Å². The van der Waals surface area contributed by atoms with Crippen molar-refractivity contribution in [2.24, 2.45) is 0 Å². The smallest absolute Gasteiger partial charge is 0.147 e. The molecule has 1 fully saturated rings. The maximum absolute atomic E-state index is 4.49. The molecule has 1 atom stereocenters. The van der Waals surface area contributed by atoms with Gasteiger partial charge in [-0.15, -0.1) is 0 Å². The van der Waals surface area contributed by atoms with Gasteiger partial charge in [-0.25, -0.2) is 4.98 Å². The van der Waals surface area contributed by atoms with Crippen LogP contribution in [0.25, 0.3) is 0 Å². The molecule has 4 heteroatoms. The van der Waals surface area contributed by atoms with E-state index >= 15 is 0 Å². The second-order valence-electron chi connectivity index (χ2n) is 4.96. The van der Waals surface area contributed by atoms with Crippen LogP contribution >= 0.6 is 0 Å². The Bertz CT molecular complexity index is 378. The number of piperidine rings is 1. The second-order valence-corrected chi connectivity index (χ2v) is 4.96. The first kappa shape index (κ1) is 12.3. The predicted molar refractivity (Wildman–Crippen MR) is 70.3 cm³/mol. The van der Waals surface area contributed by atoms with Gasteiger partial charge in [0.15, 0.2) is 0 Å². The van der Waals surface area contributed by atoms with E-state index in [1.807, 2.05) is 20.0 Å². The summed E-state index contributed by atoms with van der Waals surface area (Å²) in [6.45, 7) is 6.16. The van der Waals surface area contributed by atoms with Gasteiger partial charge in [0.1, 0.15) is 5.82 Å². The van der Waals surface area contributed by atoms with Crippen LogP contribution in [0.1, 0.15) is 30.7 Å². The van der Waals surface area contributed by atoms with Crippen LogP contribution < -0.4 is 5.32 Å². The van der Waals surface area contributed by atoms with E-state index in [0.29, 0.717) is 6.04 Å². The minimum Gasteiger partial charge on any atom is -0.367 e. The van der Waals surface area contributed by atoms with E-state index in [9.17, 15) is 0 Å². The highest BCUT2D eigenvalue weighted by atomic mass is 15.2. The highest BCUT2D eigenvalue weighted by Crippen LogP contribution is 2.16. The molecule has 94 valence electrons. The van der Waals surface area contributed by atoms with Crippen LogP contribution in [0, 0.1) is 13.8 Å². The Morgan fingerprint density at radius 2 is 2.24 bits per heavy atom. The summed E-state index contributed by atoms with van der Waals surface area (Å²) >= 11 is 0. The Hall–Kier alpha value is -1.16. The lowest BCUT2D eigenvalue weighted by molar-refractivity contribution is 0.194. The number of nitrogens with one attached hydrogen (secondary N) is 1. The number of nitrogens with zero attached hydrogens (tertiary/aromatic N) is 3. The Morgan fingerprint density at radius 3 is 3.00 bits per heavy atom. The second kappa shape index (κ2) is 5.45. The number of anilines is 1. The van der Waals surface area contributed by atoms with Crippen molar-refractivity contribution < 1.29 is 0 Å². The van der Waals surface area contributed by atoms with Crippen molar-refractivity contribution in [3.63, 3.8) is 0 Å². The minimum atomic E-state index is 0.630. The van der Waals surface area contributed by atoms with Crippen molar-refractivity contribution in [2.45, 2.75) is 39.2 Å². The molecule has 2 rings (SSSR count). The Morgan fingerprint density at radius 1 is 1.41 bits per heavy atom. The number of aryl methyl sites for hydroxylation is 2. The van der Waals surface area contributed by atoms with E-state index in [2.05, 4.69) is 27.2 Å². The molecule has 1 aliphatic rings. The zero-order chi connectivity index (χ0) is 12.3. The third kappa shape index (κ3) is 3.16. The molecule has 1 aromatic heterocycles. The zero-order valence-corrected chi connectivity index (χ0v) is 11.0. The van der Waals surface area contributed by atoms with Crippen LogP contribution in [-0.2, 0) is 0 Å². The van der Waals surface area contributed by atoms with Crippen LogP contribution in [0.5, 0.6) is 0 Å². The molecule has 4 nitrogen and oxygen atoms in total. The van der Waals surface area contributed by atoms with Crippen molar-refractivity contribution in [2.75, 3.05) is 25.5 Å². The summed E-state index contributed by atoms with van der Waals surface area (Å²) in [6.07, 6.45) is 5.76. The van der Waals surface area contributed by atoms with Crippen molar-refractivity contribution in [3.05, 3.63) is 17.6 Å². The van der Waals surface area contributed by atoms with Gasteiger partial charge in [0.25, 0.3) is 0 Å². The molecule has 0 radical (unpaired) electrons. The highest BCUT2D eigenvalue weighted by molar-refractivity contribution is 5.39. The molecule has 0 aromatic carbocycles. The Kier molecular flexibility index (Phi) is 3.94. The Balaban J connectivity index is 1.94. The van der Waals surface area contributed by atoms with Crippen LogP contribution in [0.15, 0.2) is 6.20 Å². The van der Waals surface area contributed by atoms with Crippen molar-refractivity contribution >= 4 is 5.82 Å². The molecular formula is C13H22N4. The topological polar surface area (TPSA) is 41.1 Å². The normalized spacial score (nSPS) is 21.5. The van der Waals surface area contributed by atoms with Gasteiger partial charge in [0, 0.05) is 18.8 Å².